The van der Waals surface area contributed by atoms with E-state index in [9.17, 15) is 9.18 Å². The van der Waals surface area contributed by atoms with Crippen LogP contribution >= 0.6 is 0 Å². The molecule has 27 heavy (non-hydrogen) atoms. The second-order valence-electron chi connectivity index (χ2n) is 7.44. The molecule has 4 nitrogen and oxygen atoms in total. The van der Waals surface area contributed by atoms with Crippen molar-refractivity contribution in [2.24, 2.45) is 0 Å². The minimum absolute atomic E-state index is 0.0686. The van der Waals surface area contributed by atoms with Gasteiger partial charge in [-0.15, -0.1) is 0 Å². The second kappa shape index (κ2) is 7.99. The molecule has 1 heterocycles. The summed E-state index contributed by atoms with van der Waals surface area (Å²) in [4.78, 5) is 14.7. The number of fused-ring (bicyclic) bond motifs is 1. The first-order valence-electron chi connectivity index (χ1n) is 9.71. The highest BCUT2D eigenvalue weighted by Crippen LogP contribution is 2.36. The standard InChI is InChI=1S/C22H25FN2O2/c23-17-10-11-20-21(12-17)27-15-19(13-22(26)24-18-8-4-5-9-18)25(20)14-16-6-2-1-3-7-16/h1-3,6-7,10-12,18-19H,4-5,8-9,13-15H2,(H,24,26). The van der Waals surface area contributed by atoms with Crippen LogP contribution in [0.5, 0.6) is 5.75 Å². The molecule has 1 unspecified atom stereocenters. The fraction of sp³-hybridized carbons (Fsp3) is 0.409. The van der Waals surface area contributed by atoms with E-state index in [0.717, 1.165) is 24.1 Å². The molecule has 1 N–H and O–H groups in total. The minimum Gasteiger partial charge on any atom is -0.489 e. The van der Waals surface area contributed by atoms with E-state index in [-0.39, 0.29) is 17.8 Å². The van der Waals surface area contributed by atoms with Crippen LogP contribution in [0.4, 0.5) is 10.1 Å². The van der Waals surface area contributed by atoms with Crippen LogP contribution < -0.4 is 15.0 Å². The van der Waals surface area contributed by atoms with E-state index < -0.39 is 0 Å². The van der Waals surface area contributed by atoms with E-state index >= 15 is 0 Å². The van der Waals surface area contributed by atoms with Crippen molar-refractivity contribution in [3.63, 3.8) is 0 Å². The van der Waals surface area contributed by atoms with Crippen LogP contribution in [0, 0.1) is 5.82 Å². The number of hydrogen-bond donors (Lipinski definition) is 1. The summed E-state index contributed by atoms with van der Waals surface area (Å²) in [6.07, 6.45) is 4.90. The molecule has 0 aromatic heterocycles. The van der Waals surface area contributed by atoms with Crippen LogP contribution in [-0.4, -0.2) is 24.6 Å². The van der Waals surface area contributed by atoms with Gasteiger partial charge in [0.2, 0.25) is 5.91 Å². The number of anilines is 1. The maximum absolute atomic E-state index is 13.6. The molecule has 5 heteroatoms. The Bertz CT molecular complexity index is 790. The van der Waals surface area contributed by atoms with Gasteiger partial charge in [0.1, 0.15) is 18.2 Å². The molecular weight excluding hydrogens is 343 g/mol. The van der Waals surface area contributed by atoms with Gasteiger partial charge in [0, 0.05) is 18.7 Å². The molecule has 1 fully saturated rings. The smallest absolute Gasteiger partial charge is 0.222 e. The second-order valence-corrected chi connectivity index (χ2v) is 7.44. The first kappa shape index (κ1) is 17.8. The summed E-state index contributed by atoms with van der Waals surface area (Å²) >= 11 is 0. The summed E-state index contributed by atoms with van der Waals surface area (Å²) < 4.78 is 19.4. The van der Waals surface area contributed by atoms with Crippen molar-refractivity contribution in [3.05, 3.63) is 59.9 Å². The molecular formula is C22H25FN2O2. The average molecular weight is 368 g/mol. The highest BCUT2D eigenvalue weighted by molar-refractivity contribution is 5.78. The number of benzene rings is 2. The number of carbonyl (C=O) groups excluding carboxylic acids is 1. The Hall–Kier alpha value is -2.56. The van der Waals surface area contributed by atoms with Crippen molar-refractivity contribution in [3.8, 4) is 5.75 Å². The SMILES string of the molecule is O=C(CC1COc2cc(F)ccc2N1Cc1ccccc1)NC1CCCC1. The number of rotatable bonds is 5. The summed E-state index contributed by atoms with van der Waals surface area (Å²) in [6, 6.07) is 15.0. The van der Waals surface area contributed by atoms with Crippen molar-refractivity contribution in [1.29, 1.82) is 0 Å². The van der Waals surface area contributed by atoms with Crippen molar-refractivity contribution in [1.82, 2.24) is 5.32 Å². The molecule has 1 saturated carbocycles. The minimum atomic E-state index is -0.314. The van der Waals surface area contributed by atoms with Gasteiger partial charge < -0.3 is 15.0 Å². The van der Waals surface area contributed by atoms with E-state index in [0.29, 0.717) is 31.4 Å². The molecule has 0 saturated heterocycles. The Kier molecular flexibility index (Phi) is 5.28. The summed E-state index contributed by atoms with van der Waals surface area (Å²) in [5.41, 5.74) is 1.99. The first-order valence-corrected chi connectivity index (χ1v) is 9.71. The van der Waals surface area contributed by atoms with E-state index in [1.165, 1.54) is 25.0 Å². The Morgan fingerprint density at radius 1 is 1.15 bits per heavy atom. The fourth-order valence-electron chi connectivity index (χ4n) is 4.05. The Morgan fingerprint density at radius 2 is 1.93 bits per heavy atom. The number of amides is 1. The monoisotopic (exact) mass is 368 g/mol. The first-order chi connectivity index (χ1) is 13.2. The normalized spacial score (nSPS) is 19.4. The number of nitrogens with zero attached hydrogens (tertiary/aromatic N) is 1. The zero-order chi connectivity index (χ0) is 18.6. The van der Waals surface area contributed by atoms with Crippen LogP contribution in [0.25, 0.3) is 0 Å². The van der Waals surface area contributed by atoms with E-state index in [1.54, 1.807) is 6.07 Å². The lowest BCUT2D eigenvalue weighted by Crippen LogP contribution is -2.46. The van der Waals surface area contributed by atoms with Crippen LogP contribution in [0.2, 0.25) is 0 Å². The number of hydrogen-bond acceptors (Lipinski definition) is 3. The van der Waals surface area contributed by atoms with Crippen LogP contribution in [0.1, 0.15) is 37.7 Å². The average Bonchev–Trinajstić information content (AvgIpc) is 3.17. The molecule has 1 aliphatic heterocycles. The summed E-state index contributed by atoms with van der Waals surface area (Å²) in [7, 11) is 0. The van der Waals surface area contributed by atoms with Gasteiger partial charge in [-0.2, -0.15) is 0 Å². The van der Waals surface area contributed by atoms with Crippen LogP contribution in [0.3, 0.4) is 0 Å². The third-order valence-electron chi connectivity index (χ3n) is 5.44. The van der Waals surface area contributed by atoms with Gasteiger partial charge in [-0.05, 0) is 30.5 Å². The van der Waals surface area contributed by atoms with Crippen molar-refractivity contribution in [2.75, 3.05) is 11.5 Å². The van der Waals surface area contributed by atoms with Crippen LogP contribution in [-0.2, 0) is 11.3 Å². The molecule has 2 aromatic carbocycles. The number of nitrogens with one attached hydrogen (secondary N) is 1. The lowest BCUT2D eigenvalue weighted by Gasteiger charge is -2.38. The topological polar surface area (TPSA) is 41.6 Å². The van der Waals surface area contributed by atoms with E-state index in [4.69, 9.17) is 4.74 Å². The summed E-state index contributed by atoms with van der Waals surface area (Å²) in [5.74, 6) is 0.295. The van der Waals surface area contributed by atoms with E-state index in [1.807, 2.05) is 18.2 Å². The molecule has 2 aromatic rings. The van der Waals surface area contributed by atoms with Gasteiger partial charge in [-0.25, -0.2) is 4.39 Å². The maximum atomic E-state index is 13.6. The molecule has 4 rings (SSSR count). The molecule has 1 aliphatic carbocycles. The van der Waals surface area contributed by atoms with Crippen molar-refractivity contribution >= 4 is 11.6 Å². The highest BCUT2D eigenvalue weighted by atomic mass is 19.1. The summed E-state index contributed by atoms with van der Waals surface area (Å²) in [5, 5.41) is 3.16. The predicted molar refractivity (Wildman–Crippen MR) is 103 cm³/mol. The fourth-order valence-corrected chi connectivity index (χ4v) is 4.05. The number of carbonyl (C=O) groups is 1. The zero-order valence-corrected chi connectivity index (χ0v) is 15.4. The summed E-state index contributed by atoms with van der Waals surface area (Å²) in [6.45, 7) is 1.03. The third-order valence-corrected chi connectivity index (χ3v) is 5.44. The van der Waals surface area contributed by atoms with Gasteiger partial charge >= 0.3 is 0 Å². The molecule has 142 valence electrons. The Balaban J connectivity index is 1.53. The Labute approximate surface area is 159 Å². The molecule has 0 radical (unpaired) electrons. The zero-order valence-electron chi connectivity index (χ0n) is 15.4. The van der Waals surface area contributed by atoms with Crippen molar-refractivity contribution in [2.45, 2.75) is 50.7 Å². The van der Waals surface area contributed by atoms with Gasteiger partial charge in [-0.1, -0.05) is 43.2 Å². The quantitative estimate of drug-likeness (QED) is 0.866. The molecule has 1 amide bonds. The Morgan fingerprint density at radius 3 is 2.70 bits per heavy atom. The largest absolute Gasteiger partial charge is 0.489 e. The lowest BCUT2D eigenvalue weighted by atomic mass is 10.1. The molecule has 2 aliphatic rings. The van der Waals surface area contributed by atoms with Crippen LogP contribution in [0.15, 0.2) is 48.5 Å². The molecule has 0 bridgehead atoms. The highest BCUT2D eigenvalue weighted by Gasteiger charge is 2.30. The number of ether oxygens (including phenoxy) is 1. The van der Waals surface area contributed by atoms with E-state index in [2.05, 4.69) is 22.3 Å². The van der Waals surface area contributed by atoms with Gasteiger partial charge in [0.05, 0.1) is 18.2 Å². The maximum Gasteiger partial charge on any atom is 0.222 e. The predicted octanol–water partition coefficient (Wildman–Crippen LogP) is 4.04. The number of halogens is 1. The van der Waals surface area contributed by atoms with Gasteiger partial charge in [0.15, 0.2) is 0 Å². The van der Waals surface area contributed by atoms with Gasteiger partial charge in [-0.3, -0.25) is 4.79 Å². The third kappa shape index (κ3) is 4.24. The molecule has 0 spiro atoms. The lowest BCUT2D eigenvalue weighted by molar-refractivity contribution is -0.122. The van der Waals surface area contributed by atoms with Crippen molar-refractivity contribution < 1.29 is 13.9 Å². The van der Waals surface area contributed by atoms with Gasteiger partial charge in [0.25, 0.3) is 0 Å². The molecule has 1 atom stereocenters.